The van der Waals surface area contributed by atoms with Crippen molar-refractivity contribution in [3.8, 4) is 11.5 Å². The molecule has 0 aliphatic heterocycles. The van der Waals surface area contributed by atoms with Crippen LogP contribution >= 0.6 is 11.6 Å². The summed E-state index contributed by atoms with van der Waals surface area (Å²) in [6.45, 7) is 3.64. The Bertz CT molecular complexity index is 831. The van der Waals surface area contributed by atoms with Crippen LogP contribution in [0.5, 0.6) is 11.5 Å². The number of hydrogen-bond acceptors (Lipinski definition) is 6. The second kappa shape index (κ2) is 10.4. The number of esters is 1. The van der Waals surface area contributed by atoms with Crippen molar-refractivity contribution in [2.24, 2.45) is 0 Å². The van der Waals surface area contributed by atoms with Gasteiger partial charge in [-0.25, -0.2) is 4.79 Å². The summed E-state index contributed by atoms with van der Waals surface area (Å²) in [7, 11) is 1.49. The number of carbonyl (C=O) groups is 2. The highest BCUT2D eigenvalue weighted by molar-refractivity contribution is 6.32. The maximum absolute atomic E-state index is 11.9. The number of methoxy groups -OCH3 is 1. The predicted molar refractivity (Wildman–Crippen MR) is 104 cm³/mol. The van der Waals surface area contributed by atoms with Crippen molar-refractivity contribution in [1.29, 1.82) is 0 Å². The molecule has 28 heavy (non-hydrogen) atoms. The van der Waals surface area contributed by atoms with E-state index in [1.807, 2.05) is 6.92 Å². The van der Waals surface area contributed by atoms with Crippen LogP contribution in [0, 0.1) is 0 Å². The molecule has 0 spiro atoms. The van der Waals surface area contributed by atoms with Crippen molar-refractivity contribution in [3.05, 3.63) is 53.0 Å². The van der Waals surface area contributed by atoms with Gasteiger partial charge in [-0.3, -0.25) is 4.79 Å². The third-order valence-corrected chi connectivity index (χ3v) is 3.92. The van der Waals surface area contributed by atoms with Crippen LogP contribution in [0.1, 0.15) is 31.2 Å². The fourth-order valence-corrected chi connectivity index (χ4v) is 2.68. The number of nitrogens with one attached hydrogen (secondary N) is 1. The average molecular weight is 408 g/mol. The van der Waals surface area contributed by atoms with Crippen LogP contribution in [0.25, 0.3) is 6.08 Å². The molecular weight excluding hydrogens is 386 g/mol. The van der Waals surface area contributed by atoms with E-state index in [4.69, 9.17) is 30.2 Å². The minimum atomic E-state index is -0.661. The van der Waals surface area contributed by atoms with Gasteiger partial charge in [0.1, 0.15) is 5.76 Å². The summed E-state index contributed by atoms with van der Waals surface area (Å²) < 4.78 is 20.8. The summed E-state index contributed by atoms with van der Waals surface area (Å²) in [5.41, 5.74) is 0.627. The Balaban J connectivity index is 1.90. The first-order valence-corrected chi connectivity index (χ1v) is 9.00. The highest BCUT2D eigenvalue weighted by atomic mass is 35.5. The molecule has 8 heteroatoms. The predicted octanol–water partition coefficient (Wildman–Crippen LogP) is 3.77. The molecule has 0 saturated heterocycles. The first-order chi connectivity index (χ1) is 13.4. The van der Waals surface area contributed by atoms with Gasteiger partial charge in [0.2, 0.25) is 0 Å². The molecule has 0 fully saturated rings. The van der Waals surface area contributed by atoms with Crippen LogP contribution in [0.15, 0.2) is 41.0 Å². The number of halogens is 1. The minimum absolute atomic E-state index is 0.324. The summed E-state index contributed by atoms with van der Waals surface area (Å²) in [4.78, 5) is 23.7. The summed E-state index contributed by atoms with van der Waals surface area (Å²) >= 11 is 6.16. The Morgan fingerprint density at radius 2 is 2.14 bits per heavy atom. The maximum Gasteiger partial charge on any atom is 0.331 e. The van der Waals surface area contributed by atoms with Gasteiger partial charge < -0.3 is 23.9 Å². The van der Waals surface area contributed by atoms with Gasteiger partial charge in [0.25, 0.3) is 5.91 Å². The van der Waals surface area contributed by atoms with E-state index in [9.17, 15) is 9.59 Å². The zero-order chi connectivity index (χ0) is 20.5. The molecule has 150 valence electrons. The molecule has 2 aromatic rings. The molecule has 0 unspecified atom stereocenters. The van der Waals surface area contributed by atoms with E-state index in [0.717, 1.165) is 0 Å². The smallest absolute Gasteiger partial charge is 0.331 e. The Morgan fingerprint density at radius 3 is 2.79 bits per heavy atom. The lowest BCUT2D eigenvalue weighted by Gasteiger charge is -2.12. The van der Waals surface area contributed by atoms with E-state index in [1.165, 1.54) is 25.5 Å². The van der Waals surface area contributed by atoms with Crippen molar-refractivity contribution in [2.45, 2.75) is 19.9 Å². The van der Waals surface area contributed by atoms with Gasteiger partial charge in [-0.1, -0.05) is 11.6 Å². The third-order valence-electron chi connectivity index (χ3n) is 3.64. The zero-order valence-electron chi connectivity index (χ0n) is 15.9. The van der Waals surface area contributed by atoms with Gasteiger partial charge in [-0.15, -0.1) is 0 Å². The molecule has 1 N–H and O–H groups in total. The molecule has 1 aromatic heterocycles. The monoisotopic (exact) mass is 407 g/mol. The molecule has 0 saturated carbocycles. The molecule has 2 rings (SSSR count). The second-order valence-electron chi connectivity index (χ2n) is 5.71. The van der Waals surface area contributed by atoms with E-state index in [-0.39, 0.29) is 6.04 Å². The standard InChI is InChI=1S/C20H22ClNO6/c1-4-26-17-11-14(10-15(21)20(17)25-3)7-8-19(24)28-12-18(23)22-13(2)16-6-5-9-27-16/h5-11,13H,4,12H2,1-3H3,(H,22,23)/b8-7+/t13-/m0/s1. The largest absolute Gasteiger partial charge is 0.491 e. The summed E-state index contributed by atoms with van der Waals surface area (Å²) in [6, 6.07) is 6.47. The molecule has 0 aliphatic carbocycles. The topological polar surface area (TPSA) is 87.0 Å². The lowest BCUT2D eigenvalue weighted by Crippen LogP contribution is -2.30. The molecule has 0 radical (unpaired) electrons. The van der Waals surface area contributed by atoms with Crippen molar-refractivity contribution < 1.29 is 28.2 Å². The first-order valence-electron chi connectivity index (χ1n) is 8.62. The van der Waals surface area contributed by atoms with Gasteiger partial charge in [0, 0.05) is 6.08 Å². The van der Waals surface area contributed by atoms with Crippen molar-refractivity contribution in [3.63, 3.8) is 0 Å². The summed E-state index contributed by atoms with van der Waals surface area (Å²) in [5.74, 6) is 0.408. The Labute approximate surface area is 168 Å². The molecule has 1 atom stereocenters. The van der Waals surface area contributed by atoms with Crippen LogP contribution in [0.4, 0.5) is 0 Å². The number of furan rings is 1. The van der Waals surface area contributed by atoms with Crippen LogP contribution in [0.2, 0.25) is 5.02 Å². The molecule has 1 heterocycles. The normalized spacial score (nSPS) is 11.9. The van der Waals surface area contributed by atoms with E-state index < -0.39 is 18.5 Å². The van der Waals surface area contributed by atoms with E-state index in [1.54, 1.807) is 31.2 Å². The van der Waals surface area contributed by atoms with Crippen LogP contribution in [-0.4, -0.2) is 32.2 Å². The number of ether oxygens (including phenoxy) is 3. The number of hydrogen-bond donors (Lipinski definition) is 1. The quantitative estimate of drug-likeness (QED) is 0.503. The number of rotatable bonds is 9. The minimum Gasteiger partial charge on any atom is -0.491 e. The molecular formula is C20H22ClNO6. The van der Waals surface area contributed by atoms with Crippen molar-refractivity contribution in [2.75, 3.05) is 20.3 Å². The van der Waals surface area contributed by atoms with Gasteiger partial charge in [-0.2, -0.15) is 0 Å². The molecule has 0 bridgehead atoms. The zero-order valence-corrected chi connectivity index (χ0v) is 16.6. The molecule has 1 aromatic carbocycles. The number of benzene rings is 1. The summed E-state index contributed by atoms with van der Waals surface area (Å²) in [6.07, 6.45) is 4.24. The Kier molecular flexibility index (Phi) is 7.95. The molecule has 1 amide bonds. The SMILES string of the molecule is CCOc1cc(/C=C/C(=O)OCC(=O)N[C@@H](C)c2ccco2)cc(Cl)c1OC. The van der Waals surface area contributed by atoms with Crippen LogP contribution in [0.3, 0.4) is 0 Å². The number of amides is 1. The van der Waals surface area contributed by atoms with Gasteiger partial charge >= 0.3 is 5.97 Å². The lowest BCUT2D eigenvalue weighted by molar-refractivity contribution is -0.144. The summed E-state index contributed by atoms with van der Waals surface area (Å²) in [5, 5.41) is 3.03. The van der Waals surface area contributed by atoms with Gasteiger partial charge in [0.05, 0.1) is 31.0 Å². The van der Waals surface area contributed by atoms with E-state index in [2.05, 4.69) is 5.32 Å². The van der Waals surface area contributed by atoms with Gasteiger partial charge in [-0.05, 0) is 49.8 Å². The maximum atomic E-state index is 11.9. The van der Waals surface area contributed by atoms with Crippen molar-refractivity contribution >= 4 is 29.6 Å². The average Bonchev–Trinajstić information content (AvgIpc) is 3.20. The van der Waals surface area contributed by atoms with E-state index in [0.29, 0.717) is 34.5 Å². The highest BCUT2D eigenvalue weighted by Crippen LogP contribution is 2.36. The Morgan fingerprint density at radius 1 is 1.36 bits per heavy atom. The number of carbonyl (C=O) groups excluding carboxylic acids is 2. The van der Waals surface area contributed by atoms with Crippen molar-refractivity contribution in [1.82, 2.24) is 5.32 Å². The fraction of sp³-hybridized carbons (Fsp3) is 0.300. The van der Waals surface area contributed by atoms with Crippen LogP contribution < -0.4 is 14.8 Å². The Hall–Kier alpha value is -2.93. The third kappa shape index (κ3) is 6.06. The van der Waals surface area contributed by atoms with E-state index >= 15 is 0 Å². The molecule has 7 nitrogen and oxygen atoms in total. The molecule has 0 aliphatic rings. The lowest BCUT2D eigenvalue weighted by atomic mass is 10.2. The highest BCUT2D eigenvalue weighted by Gasteiger charge is 2.13. The van der Waals surface area contributed by atoms with Crippen LogP contribution in [-0.2, 0) is 14.3 Å². The fourth-order valence-electron chi connectivity index (χ4n) is 2.39. The second-order valence-corrected chi connectivity index (χ2v) is 6.12. The van der Waals surface area contributed by atoms with Gasteiger partial charge in [0.15, 0.2) is 18.1 Å². The first kappa shape index (κ1) is 21.4.